The van der Waals surface area contributed by atoms with Crippen LogP contribution in [0, 0.1) is 5.92 Å². The van der Waals surface area contributed by atoms with Gasteiger partial charge in [-0.25, -0.2) is 0 Å². The number of hydrogen-bond donors (Lipinski definition) is 1. The number of likely N-dealkylation sites (tertiary alicyclic amines) is 1. The van der Waals surface area contributed by atoms with Crippen LogP contribution in [0.3, 0.4) is 0 Å². The number of piperidine rings is 1. The third kappa shape index (κ3) is 3.96. The third-order valence-electron chi connectivity index (χ3n) is 4.24. The van der Waals surface area contributed by atoms with Crippen molar-refractivity contribution in [2.24, 2.45) is 5.92 Å². The van der Waals surface area contributed by atoms with Crippen LogP contribution in [0.1, 0.15) is 31.4 Å². The maximum Gasteiger partial charge on any atom is 0.0762 e. The van der Waals surface area contributed by atoms with E-state index < -0.39 is 6.10 Å². The summed E-state index contributed by atoms with van der Waals surface area (Å²) in [5.41, 5.74) is 2.15. The predicted molar refractivity (Wildman–Crippen MR) is 88.3 cm³/mol. The van der Waals surface area contributed by atoms with E-state index in [4.69, 9.17) is 0 Å². The summed E-state index contributed by atoms with van der Waals surface area (Å²) in [4.78, 5) is 4.73. The molecule has 0 amide bonds. The summed E-state index contributed by atoms with van der Waals surface area (Å²) >= 11 is 3.63. The lowest BCUT2D eigenvalue weighted by Crippen LogP contribution is -2.35. The molecular weight excluding hydrogens is 316 g/mol. The molecule has 1 heterocycles. The van der Waals surface area contributed by atoms with Gasteiger partial charge in [0.15, 0.2) is 0 Å². The molecule has 4 heteroatoms. The first-order chi connectivity index (χ1) is 9.47. The first-order valence-corrected chi connectivity index (χ1v) is 8.14. The fourth-order valence-electron chi connectivity index (χ4n) is 2.82. The van der Waals surface area contributed by atoms with Gasteiger partial charge in [0.1, 0.15) is 0 Å². The van der Waals surface area contributed by atoms with E-state index in [1.165, 1.54) is 31.6 Å². The Morgan fingerprint density at radius 1 is 1.40 bits per heavy atom. The topological polar surface area (TPSA) is 26.7 Å². The number of aliphatic hydroxyl groups is 1. The van der Waals surface area contributed by atoms with E-state index in [2.05, 4.69) is 45.9 Å². The van der Waals surface area contributed by atoms with E-state index in [-0.39, 0.29) is 0 Å². The molecule has 1 saturated heterocycles. The van der Waals surface area contributed by atoms with Crippen molar-refractivity contribution in [3.05, 3.63) is 28.2 Å². The number of halogens is 1. The second-order valence-electron chi connectivity index (χ2n) is 6.01. The lowest BCUT2D eigenvalue weighted by atomic mass is 9.96. The second-order valence-corrected chi connectivity index (χ2v) is 6.87. The lowest BCUT2D eigenvalue weighted by Gasteiger charge is -2.32. The highest BCUT2D eigenvalue weighted by Gasteiger charge is 2.19. The highest BCUT2D eigenvalue weighted by molar-refractivity contribution is 9.10. The molecular formula is C16H25BrN2O. The third-order valence-corrected chi connectivity index (χ3v) is 4.87. The van der Waals surface area contributed by atoms with E-state index in [1.807, 2.05) is 12.1 Å². The fraction of sp³-hybridized carbons (Fsp3) is 0.625. The number of aliphatic hydroxyl groups excluding tert-OH is 1. The summed E-state index contributed by atoms with van der Waals surface area (Å²) in [6.45, 7) is 5.31. The molecule has 1 atom stereocenters. The summed E-state index contributed by atoms with van der Waals surface area (Å²) in [5.74, 6) is 0.777. The highest BCUT2D eigenvalue weighted by atomic mass is 79.9. The summed E-state index contributed by atoms with van der Waals surface area (Å²) < 4.78 is 1.06. The first-order valence-electron chi connectivity index (χ1n) is 7.34. The summed E-state index contributed by atoms with van der Waals surface area (Å²) in [6.07, 6.45) is 2.15. The Morgan fingerprint density at radius 2 is 2.05 bits per heavy atom. The molecule has 0 radical (unpaired) electrons. The Kier molecular flexibility index (Phi) is 5.47. The van der Waals surface area contributed by atoms with Crippen LogP contribution in [0.2, 0.25) is 0 Å². The van der Waals surface area contributed by atoms with Crippen molar-refractivity contribution < 1.29 is 5.11 Å². The highest BCUT2D eigenvalue weighted by Crippen LogP contribution is 2.30. The maximum absolute atomic E-state index is 9.62. The van der Waals surface area contributed by atoms with Gasteiger partial charge in [-0.15, -0.1) is 0 Å². The molecule has 0 bridgehead atoms. The average molecular weight is 341 g/mol. The molecule has 2 rings (SSSR count). The van der Waals surface area contributed by atoms with E-state index in [0.717, 1.165) is 22.5 Å². The molecule has 1 unspecified atom stereocenters. The summed E-state index contributed by atoms with van der Waals surface area (Å²) in [6, 6.07) is 6.13. The largest absolute Gasteiger partial charge is 0.389 e. The molecule has 1 N–H and O–H groups in total. The quantitative estimate of drug-likeness (QED) is 0.911. The van der Waals surface area contributed by atoms with Crippen LogP contribution in [0.5, 0.6) is 0 Å². The van der Waals surface area contributed by atoms with Crippen molar-refractivity contribution in [2.45, 2.75) is 25.9 Å². The maximum atomic E-state index is 9.62. The molecule has 0 spiro atoms. The van der Waals surface area contributed by atoms with E-state index in [1.54, 1.807) is 6.92 Å². The minimum Gasteiger partial charge on any atom is -0.389 e. The molecule has 20 heavy (non-hydrogen) atoms. The number of anilines is 1. The Morgan fingerprint density at radius 3 is 2.60 bits per heavy atom. The van der Waals surface area contributed by atoms with Crippen molar-refractivity contribution in [3.8, 4) is 0 Å². The molecule has 0 aromatic heterocycles. The molecule has 112 valence electrons. The van der Waals surface area contributed by atoms with E-state index >= 15 is 0 Å². The van der Waals surface area contributed by atoms with Gasteiger partial charge < -0.3 is 14.9 Å². The van der Waals surface area contributed by atoms with Gasteiger partial charge >= 0.3 is 0 Å². The van der Waals surface area contributed by atoms with Crippen LogP contribution < -0.4 is 4.90 Å². The van der Waals surface area contributed by atoms with Crippen LogP contribution in [-0.4, -0.2) is 43.7 Å². The normalized spacial score (nSPS) is 19.1. The van der Waals surface area contributed by atoms with Gasteiger partial charge in [0, 0.05) is 18.1 Å². The number of hydrogen-bond acceptors (Lipinski definition) is 3. The fourth-order valence-corrected chi connectivity index (χ4v) is 3.52. The predicted octanol–water partition coefficient (Wildman–Crippen LogP) is 3.28. The first kappa shape index (κ1) is 15.8. The number of benzene rings is 1. The molecule has 1 aromatic carbocycles. The van der Waals surface area contributed by atoms with E-state index in [0.29, 0.717) is 0 Å². The molecule has 1 fully saturated rings. The van der Waals surface area contributed by atoms with Crippen LogP contribution >= 0.6 is 15.9 Å². The molecule has 0 aliphatic carbocycles. The number of rotatable bonds is 4. The minimum atomic E-state index is -0.417. The molecule has 3 nitrogen and oxygen atoms in total. The average Bonchev–Trinajstić information content (AvgIpc) is 2.41. The Balaban J connectivity index is 2.00. The zero-order valence-electron chi connectivity index (χ0n) is 12.6. The van der Waals surface area contributed by atoms with Crippen LogP contribution in [0.4, 0.5) is 5.69 Å². The van der Waals surface area contributed by atoms with Gasteiger partial charge in [0.25, 0.3) is 0 Å². The van der Waals surface area contributed by atoms with E-state index in [9.17, 15) is 5.11 Å². The summed E-state index contributed by atoms with van der Waals surface area (Å²) in [5, 5.41) is 9.62. The van der Waals surface area contributed by atoms with Crippen molar-refractivity contribution >= 4 is 21.6 Å². The zero-order valence-corrected chi connectivity index (χ0v) is 14.2. The van der Waals surface area contributed by atoms with Gasteiger partial charge in [-0.05, 0) is 79.4 Å². The Labute approximate surface area is 130 Å². The summed E-state index contributed by atoms with van der Waals surface area (Å²) in [7, 11) is 4.35. The monoisotopic (exact) mass is 340 g/mol. The van der Waals surface area contributed by atoms with Gasteiger partial charge in [-0.3, -0.25) is 0 Å². The molecule has 1 aliphatic heterocycles. The zero-order chi connectivity index (χ0) is 14.7. The van der Waals surface area contributed by atoms with Crippen molar-refractivity contribution in [1.29, 1.82) is 0 Å². The minimum absolute atomic E-state index is 0.417. The van der Waals surface area contributed by atoms with Crippen molar-refractivity contribution in [2.75, 3.05) is 38.6 Å². The lowest BCUT2D eigenvalue weighted by molar-refractivity contribution is 0.199. The second kappa shape index (κ2) is 6.92. The van der Waals surface area contributed by atoms with Gasteiger partial charge in [0.05, 0.1) is 11.8 Å². The van der Waals surface area contributed by atoms with Gasteiger partial charge in [0.2, 0.25) is 0 Å². The molecule has 1 aromatic rings. The number of nitrogens with zero attached hydrogens (tertiary/aromatic N) is 2. The smallest absolute Gasteiger partial charge is 0.0762 e. The van der Waals surface area contributed by atoms with Gasteiger partial charge in [-0.2, -0.15) is 0 Å². The van der Waals surface area contributed by atoms with Crippen LogP contribution in [0.25, 0.3) is 0 Å². The molecule has 1 aliphatic rings. The standard InChI is InChI=1S/C16H25BrN2O/c1-12(20)14-4-5-16(15(17)10-14)19(3)11-13-6-8-18(2)9-7-13/h4-5,10,12-13,20H,6-9,11H2,1-3H3. The van der Waals surface area contributed by atoms with Crippen molar-refractivity contribution in [3.63, 3.8) is 0 Å². The van der Waals surface area contributed by atoms with Crippen molar-refractivity contribution in [1.82, 2.24) is 4.90 Å². The molecule has 0 saturated carbocycles. The van der Waals surface area contributed by atoms with Gasteiger partial charge in [-0.1, -0.05) is 6.07 Å². The van der Waals surface area contributed by atoms with Crippen LogP contribution in [-0.2, 0) is 0 Å². The Bertz CT molecular complexity index is 442. The SMILES string of the molecule is CC(O)c1ccc(N(C)CC2CCN(C)CC2)c(Br)c1. The van der Waals surface area contributed by atoms with Crippen LogP contribution in [0.15, 0.2) is 22.7 Å². The Hall–Kier alpha value is -0.580.